The van der Waals surface area contributed by atoms with Gasteiger partial charge in [-0.25, -0.2) is 4.79 Å². The van der Waals surface area contributed by atoms with Crippen LogP contribution in [0.1, 0.15) is 22.8 Å². The van der Waals surface area contributed by atoms with Crippen molar-refractivity contribution >= 4 is 33.5 Å². The number of nitrogens with one attached hydrogen (secondary N) is 1. The lowest BCUT2D eigenvalue weighted by Crippen LogP contribution is -2.10. The van der Waals surface area contributed by atoms with E-state index in [0.717, 1.165) is 5.56 Å². The number of benzene rings is 1. The molecule has 0 aromatic heterocycles. The van der Waals surface area contributed by atoms with Crippen molar-refractivity contribution in [2.45, 2.75) is 13.3 Å². The molecule has 0 unspecified atom stereocenters. The van der Waals surface area contributed by atoms with E-state index >= 15 is 0 Å². The number of methoxy groups -OCH3 is 1. The minimum Gasteiger partial charge on any atom is -0.492 e. The van der Waals surface area contributed by atoms with Crippen LogP contribution in [0.3, 0.4) is 0 Å². The topological polar surface area (TPSA) is 64.6 Å². The Labute approximate surface area is 113 Å². The van der Waals surface area contributed by atoms with Crippen molar-refractivity contribution in [3.8, 4) is 5.75 Å². The summed E-state index contributed by atoms with van der Waals surface area (Å²) in [6.45, 7) is 1.92. The van der Waals surface area contributed by atoms with Crippen molar-refractivity contribution in [2.24, 2.45) is 0 Å². The molecule has 1 aromatic carbocycles. The lowest BCUT2D eigenvalue weighted by molar-refractivity contribution is -0.114. The van der Waals surface area contributed by atoms with Gasteiger partial charge in [0.2, 0.25) is 5.91 Å². The summed E-state index contributed by atoms with van der Waals surface area (Å²) in [7, 11) is 1.32. The molecule has 1 aliphatic heterocycles. The number of hydrogen-bond donors (Lipinski definition) is 1. The SMILES string of the molecule is COC(=O)c1cc(Br)c(NC(C)=O)c2c1OCC2. The number of carbonyl (C=O) groups excluding carboxylic acids is 2. The minimum atomic E-state index is -0.455. The molecule has 2 rings (SSSR count). The largest absolute Gasteiger partial charge is 0.492 e. The third-order valence-corrected chi connectivity index (χ3v) is 3.26. The van der Waals surface area contributed by atoms with Gasteiger partial charge in [-0.15, -0.1) is 0 Å². The van der Waals surface area contributed by atoms with Gasteiger partial charge in [-0.3, -0.25) is 4.79 Å². The van der Waals surface area contributed by atoms with Crippen LogP contribution in [0.4, 0.5) is 5.69 Å². The van der Waals surface area contributed by atoms with Crippen LogP contribution in [0, 0.1) is 0 Å². The number of hydrogen-bond acceptors (Lipinski definition) is 4. The lowest BCUT2D eigenvalue weighted by atomic mass is 10.1. The number of rotatable bonds is 2. The molecule has 1 heterocycles. The fourth-order valence-electron chi connectivity index (χ4n) is 1.92. The summed E-state index contributed by atoms with van der Waals surface area (Å²) < 4.78 is 10.8. The van der Waals surface area contributed by atoms with Crippen LogP contribution >= 0.6 is 15.9 Å². The summed E-state index contributed by atoms with van der Waals surface area (Å²) in [6, 6.07) is 1.60. The van der Waals surface area contributed by atoms with Crippen LogP contribution in [-0.4, -0.2) is 25.6 Å². The molecular formula is C12H12BrNO4. The predicted octanol–water partition coefficient (Wildman–Crippen LogP) is 2.13. The second kappa shape index (κ2) is 4.97. The van der Waals surface area contributed by atoms with Crippen molar-refractivity contribution in [3.63, 3.8) is 0 Å². The number of fused-ring (bicyclic) bond motifs is 1. The first-order valence-electron chi connectivity index (χ1n) is 5.38. The monoisotopic (exact) mass is 313 g/mol. The van der Waals surface area contributed by atoms with E-state index in [9.17, 15) is 9.59 Å². The van der Waals surface area contributed by atoms with Crippen molar-refractivity contribution in [2.75, 3.05) is 19.0 Å². The molecule has 0 spiro atoms. The highest BCUT2D eigenvalue weighted by molar-refractivity contribution is 9.10. The third-order valence-electron chi connectivity index (χ3n) is 2.64. The standard InChI is InChI=1S/C12H12BrNO4/c1-6(15)14-10-7-3-4-18-11(7)8(5-9(10)13)12(16)17-2/h5H,3-4H2,1-2H3,(H,14,15). The average Bonchev–Trinajstić information content (AvgIpc) is 2.80. The number of esters is 1. The highest BCUT2D eigenvalue weighted by atomic mass is 79.9. The Balaban J connectivity index is 2.56. The average molecular weight is 314 g/mol. The highest BCUT2D eigenvalue weighted by Crippen LogP contribution is 2.40. The highest BCUT2D eigenvalue weighted by Gasteiger charge is 2.26. The fraction of sp³-hybridized carbons (Fsp3) is 0.333. The van der Waals surface area contributed by atoms with E-state index in [1.54, 1.807) is 6.07 Å². The maximum atomic E-state index is 11.6. The number of halogens is 1. The summed E-state index contributed by atoms with van der Waals surface area (Å²) in [5, 5.41) is 2.74. The van der Waals surface area contributed by atoms with Gasteiger partial charge in [-0.05, 0) is 22.0 Å². The number of amides is 1. The zero-order valence-electron chi connectivity index (χ0n) is 10.0. The Morgan fingerprint density at radius 2 is 2.22 bits per heavy atom. The smallest absolute Gasteiger partial charge is 0.341 e. The molecule has 5 nitrogen and oxygen atoms in total. The molecule has 1 amide bonds. The number of carbonyl (C=O) groups is 2. The van der Waals surface area contributed by atoms with Crippen LogP contribution in [0.25, 0.3) is 0 Å². The van der Waals surface area contributed by atoms with Gasteiger partial charge in [0.15, 0.2) is 0 Å². The predicted molar refractivity (Wildman–Crippen MR) is 69.0 cm³/mol. The molecule has 0 saturated heterocycles. The number of ether oxygens (including phenoxy) is 2. The molecule has 0 atom stereocenters. The quantitative estimate of drug-likeness (QED) is 0.849. The Hall–Kier alpha value is -1.56. The van der Waals surface area contributed by atoms with Crippen LogP contribution in [0.5, 0.6) is 5.75 Å². The maximum absolute atomic E-state index is 11.6. The summed E-state index contributed by atoms with van der Waals surface area (Å²) in [6.07, 6.45) is 0.647. The molecule has 0 bridgehead atoms. The fourth-order valence-corrected chi connectivity index (χ4v) is 2.48. The van der Waals surface area contributed by atoms with Crippen LogP contribution < -0.4 is 10.1 Å². The van der Waals surface area contributed by atoms with Gasteiger partial charge in [0.1, 0.15) is 11.3 Å². The summed E-state index contributed by atoms with van der Waals surface area (Å²) in [5.41, 5.74) is 1.84. The Bertz CT molecular complexity index is 527. The Kier molecular flexibility index (Phi) is 3.56. The van der Waals surface area contributed by atoms with Crippen LogP contribution in [-0.2, 0) is 16.0 Å². The van der Waals surface area contributed by atoms with Crippen LogP contribution in [0.15, 0.2) is 10.5 Å². The molecule has 0 fully saturated rings. The molecule has 1 N–H and O–H groups in total. The van der Waals surface area contributed by atoms with Crippen molar-refractivity contribution in [1.29, 1.82) is 0 Å². The van der Waals surface area contributed by atoms with Crippen molar-refractivity contribution in [1.82, 2.24) is 0 Å². The van der Waals surface area contributed by atoms with E-state index in [2.05, 4.69) is 21.2 Å². The molecule has 0 radical (unpaired) electrons. The molecule has 1 aromatic rings. The molecule has 18 heavy (non-hydrogen) atoms. The summed E-state index contributed by atoms with van der Waals surface area (Å²) >= 11 is 3.35. The van der Waals surface area contributed by atoms with E-state index in [1.807, 2.05) is 0 Å². The zero-order chi connectivity index (χ0) is 13.3. The first-order chi connectivity index (χ1) is 8.54. The molecule has 96 valence electrons. The molecule has 0 aliphatic carbocycles. The van der Waals surface area contributed by atoms with E-state index < -0.39 is 5.97 Å². The minimum absolute atomic E-state index is 0.171. The van der Waals surface area contributed by atoms with Crippen molar-refractivity contribution < 1.29 is 19.1 Å². The van der Waals surface area contributed by atoms with Crippen molar-refractivity contribution in [3.05, 3.63) is 21.7 Å². The second-order valence-electron chi connectivity index (χ2n) is 3.86. The molecular weight excluding hydrogens is 302 g/mol. The third kappa shape index (κ3) is 2.20. The van der Waals surface area contributed by atoms with Gasteiger partial charge in [0, 0.05) is 23.4 Å². The first-order valence-corrected chi connectivity index (χ1v) is 6.18. The maximum Gasteiger partial charge on any atom is 0.341 e. The van der Waals surface area contributed by atoms with Gasteiger partial charge in [-0.2, -0.15) is 0 Å². The van der Waals surface area contributed by atoms with Gasteiger partial charge in [0.05, 0.1) is 19.4 Å². The lowest BCUT2D eigenvalue weighted by Gasteiger charge is -2.13. The molecule has 0 saturated carbocycles. The van der Waals surface area contributed by atoms with Crippen LogP contribution in [0.2, 0.25) is 0 Å². The molecule has 6 heteroatoms. The Morgan fingerprint density at radius 1 is 1.50 bits per heavy atom. The Morgan fingerprint density at radius 3 is 2.83 bits per heavy atom. The van der Waals surface area contributed by atoms with E-state index in [1.165, 1.54) is 14.0 Å². The van der Waals surface area contributed by atoms with E-state index in [4.69, 9.17) is 9.47 Å². The summed E-state index contributed by atoms with van der Waals surface area (Å²) in [5.74, 6) is -0.132. The van der Waals surface area contributed by atoms with Gasteiger partial charge in [-0.1, -0.05) is 0 Å². The van der Waals surface area contributed by atoms with Gasteiger partial charge in [0.25, 0.3) is 0 Å². The molecule has 1 aliphatic rings. The van der Waals surface area contributed by atoms with E-state index in [0.29, 0.717) is 34.5 Å². The van der Waals surface area contributed by atoms with Gasteiger partial charge < -0.3 is 14.8 Å². The first kappa shape index (κ1) is 12.9. The number of anilines is 1. The summed E-state index contributed by atoms with van der Waals surface area (Å²) in [4.78, 5) is 22.8. The normalized spacial score (nSPS) is 12.6. The second-order valence-corrected chi connectivity index (χ2v) is 4.71. The van der Waals surface area contributed by atoms with E-state index in [-0.39, 0.29) is 5.91 Å². The zero-order valence-corrected chi connectivity index (χ0v) is 11.6. The van der Waals surface area contributed by atoms with Gasteiger partial charge >= 0.3 is 5.97 Å².